The molecule has 2 saturated heterocycles. The molecule has 0 saturated carbocycles. The third kappa shape index (κ3) is 14.0. The molecule has 68 heavy (non-hydrogen) atoms. The van der Waals surface area contributed by atoms with Crippen molar-refractivity contribution < 1.29 is 45.7 Å². The Bertz CT molecular complexity index is 2450. The van der Waals surface area contributed by atoms with E-state index < -0.39 is 21.6 Å². The third-order valence-electron chi connectivity index (χ3n) is 11.5. The number of rotatable bonds is 19. The van der Waals surface area contributed by atoms with Gasteiger partial charge in [0.2, 0.25) is 5.82 Å². The van der Waals surface area contributed by atoms with Crippen LogP contribution >= 0.6 is 0 Å². The minimum Gasteiger partial charge on any atom is -0.493 e. The molecule has 2 N–H and O–H groups in total. The van der Waals surface area contributed by atoms with Crippen LogP contribution in [0.3, 0.4) is 0 Å². The van der Waals surface area contributed by atoms with Gasteiger partial charge < -0.3 is 39.2 Å². The van der Waals surface area contributed by atoms with Crippen molar-refractivity contribution in [3.63, 3.8) is 0 Å². The summed E-state index contributed by atoms with van der Waals surface area (Å²) in [6.45, 7) is 14.1. The topological polar surface area (TPSA) is 167 Å². The molecule has 0 spiro atoms. The molecule has 2 fully saturated rings. The van der Waals surface area contributed by atoms with Crippen molar-refractivity contribution >= 4 is 27.4 Å². The molecule has 0 radical (unpaired) electrons. The summed E-state index contributed by atoms with van der Waals surface area (Å²) in [6, 6.07) is 17.6. The summed E-state index contributed by atoms with van der Waals surface area (Å²) in [5.41, 5.74) is 3.72. The fourth-order valence-corrected chi connectivity index (χ4v) is 8.75. The maximum atomic E-state index is 14.4. The molecule has 4 heterocycles. The minimum atomic E-state index is -3.24. The van der Waals surface area contributed by atoms with Crippen molar-refractivity contribution in [1.29, 1.82) is 0 Å². The highest BCUT2D eigenvalue weighted by Crippen LogP contribution is 2.41. The van der Waals surface area contributed by atoms with Crippen LogP contribution in [-0.4, -0.2) is 112 Å². The highest BCUT2D eigenvalue weighted by molar-refractivity contribution is 7.90. The van der Waals surface area contributed by atoms with Gasteiger partial charge in [0.15, 0.2) is 27.0 Å². The van der Waals surface area contributed by atoms with Gasteiger partial charge in [-0.05, 0) is 132 Å². The number of carbonyl (C=O) groups excluding carboxylic acids is 1. The van der Waals surface area contributed by atoms with Gasteiger partial charge in [0.1, 0.15) is 29.0 Å². The van der Waals surface area contributed by atoms with E-state index in [1.165, 1.54) is 37.9 Å². The quantitative estimate of drug-likeness (QED) is 0.0762. The number of carbonyl (C=O) groups is 1. The summed E-state index contributed by atoms with van der Waals surface area (Å²) in [4.78, 5) is 29.7. The number of esters is 1. The highest BCUT2D eigenvalue weighted by Gasteiger charge is 2.26. The lowest BCUT2D eigenvalue weighted by molar-refractivity contribution is 0.0593. The molecule has 2 aliphatic heterocycles. The van der Waals surface area contributed by atoms with Crippen LogP contribution in [0.5, 0.6) is 23.0 Å². The fourth-order valence-electron chi connectivity index (χ4n) is 8.19. The lowest BCUT2D eigenvalue weighted by Crippen LogP contribution is -2.43. The van der Waals surface area contributed by atoms with Crippen LogP contribution in [0.25, 0.3) is 11.1 Å². The number of aromatic nitrogens is 3. The first-order valence-electron chi connectivity index (χ1n) is 23.1. The smallest absolute Gasteiger partial charge is 0.358 e. The first kappa shape index (κ1) is 51.3. The standard InChI is InChI=1S/C28H33FN4O4.C22H30FN3O4S/c1-4-36-24-14-19(15-25(37-5-2)27(24)20-6-8-21(29)9-7-20)18-33(22-10-12-30-13-11-22)26-17-31-23(16-32-26)28(34)35-3;1-4-29-19-12-16(13-20(22(19)23)30-5-2)15-26-10-8-17(9-11-26)25-21-7-6-18(14-24-21)31(3,27)28/h6-9,14-17,22,30H,4-5,10-13,18H2,1-3H3;6-7,12-14,17H,4-5,8-11,15H2,1-3H3,(H,24,25). The minimum absolute atomic E-state index is 0.164. The van der Waals surface area contributed by atoms with Crippen molar-refractivity contribution in [1.82, 2.24) is 25.2 Å². The number of nitrogens with one attached hydrogen (secondary N) is 2. The molecule has 366 valence electrons. The molecule has 3 aromatic carbocycles. The number of anilines is 2. The monoisotopic (exact) mass is 959 g/mol. The van der Waals surface area contributed by atoms with Crippen LogP contribution in [0.15, 0.2) is 84.1 Å². The molecular weight excluding hydrogens is 897 g/mol. The molecule has 18 heteroatoms. The number of pyridine rings is 1. The second-order valence-corrected chi connectivity index (χ2v) is 18.3. The largest absolute Gasteiger partial charge is 0.493 e. The Morgan fingerprint density at radius 2 is 1.35 bits per heavy atom. The number of ether oxygens (including phenoxy) is 5. The van der Waals surface area contributed by atoms with E-state index in [9.17, 15) is 22.0 Å². The van der Waals surface area contributed by atoms with Gasteiger partial charge in [0, 0.05) is 50.7 Å². The van der Waals surface area contributed by atoms with Gasteiger partial charge in [-0.2, -0.15) is 4.39 Å². The SMILES string of the molecule is CCOc1cc(CN(c2cnc(C(=O)OC)cn2)C2CCNCC2)cc(OCC)c1-c1ccc(F)cc1.CCOc1cc(CN2CCC(Nc3ccc(S(C)(=O)=O)cn3)CC2)cc(OCC)c1F. The van der Waals surface area contributed by atoms with Gasteiger partial charge in [0.05, 0.1) is 56.4 Å². The normalized spacial score (nSPS) is 14.6. The van der Waals surface area contributed by atoms with E-state index in [-0.39, 0.29) is 40.0 Å². The van der Waals surface area contributed by atoms with E-state index >= 15 is 0 Å². The molecule has 0 atom stereocenters. The van der Waals surface area contributed by atoms with E-state index in [2.05, 4.69) is 35.4 Å². The van der Waals surface area contributed by atoms with Crippen molar-refractivity contribution in [2.24, 2.45) is 0 Å². The van der Waals surface area contributed by atoms with Crippen molar-refractivity contribution in [3.8, 4) is 34.1 Å². The van der Waals surface area contributed by atoms with Crippen LogP contribution in [0.2, 0.25) is 0 Å². The van der Waals surface area contributed by atoms with E-state index in [4.69, 9.17) is 23.7 Å². The summed E-state index contributed by atoms with van der Waals surface area (Å²) in [7, 11) is -1.92. The van der Waals surface area contributed by atoms with Gasteiger partial charge in [-0.3, -0.25) is 4.90 Å². The van der Waals surface area contributed by atoms with Crippen LogP contribution < -0.4 is 34.5 Å². The number of sulfone groups is 1. The Kier molecular flexibility index (Phi) is 18.7. The lowest BCUT2D eigenvalue weighted by atomic mass is 9.99. The van der Waals surface area contributed by atoms with Gasteiger partial charge >= 0.3 is 5.97 Å². The van der Waals surface area contributed by atoms with Crippen LogP contribution in [0.4, 0.5) is 20.4 Å². The Morgan fingerprint density at radius 3 is 1.87 bits per heavy atom. The number of benzene rings is 3. The van der Waals surface area contributed by atoms with E-state index in [0.29, 0.717) is 62.7 Å². The summed E-state index contributed by atoms with van der Waals surface area (Å²) in [6.07, 6.45) is 9.37. The average molecular weight is 960 g/mol. The Balaban J connectivity index is 0.000000228. The molecule has 7 rings (SSSR count). The summed E-state index contributed by atoms with van der Waals surface area (Å²) >= 11 is 0. The lowest BCUT2D eigenvalue weighted by Gasteiger charge is -2.35. The molecule has 2 aliphatic rings. The van der Waals surface area contributed by atoms with E-state index in [1.807, 2.05) is 39.8 Å². The third-order valence-corrected chi connectivity index (χ3v) is 12.6. The van der Waals surface area contributed by atoms with Crippen molar-refractivity contribution in [2.45, 2.75) is 83.4 Å². The molecule has 5 aromatic rings. The fraction of sp³-hybridized carbons (Fsp3) is 0.440. The molecule has 0 unspecified atom stereocenters. The summed E-state index contributed by atoms with van der Waals surface area (Å²) in [5, 5.41) is 6.79. The zero-order chi connectivity index (χ0) is 48.6. The zero-order valence-corrected chi connectivity index (χ0v) is 40.5. The molecule has 0 amide bonds. The van der Waals surface area contributed by atoms with Crippen molar-refractivity contribution in [2.75, 3.05) is 76.2 Å². The predicted octanol–water partition coefficient (Wildman–Crippen LogP) is 8.12. The van der Waals surface area contributed by atoms with E-state index in [0.717, 1.165) is 74.1 Å². The Hall–Kier alpha value is -6.11. The summed E-state index contributed by atoms with van der Waals surface area (Å²) < 4.78 is 78.9. The van der Waals surface area contributed by atoms with Gasteiger partial charge in [-0.15, -0.1) is 0 Å². The number of nitrogens with zero attached hydrogens (tertiary/aromatic N) is 5. The van der Waals surface area contributed by atoms with Crippen LogP contribution in [0, 0.1) is 11.6 Å². The van der Waals surface area contributed by atoms with Gasteiger partial charge in [-0.1, -0.05) is 12.1 Å². The molecule has 2 aromatic heterocycles. The second-order valence-electron chi connectivity index (χ2n) is 16.3. The summed E-state index contributed by atoms with van der Waals surface area (Å²) in [5.74, 6) is 1.88. The maximum Gasteiger partial charge on any atom is 0.358 e. The second kappa shape index (κ2) is 24.8. The van der Waals surface area contributed by atoms with E-state index in [1.54, 1.807) is 42.6 Å². The number of hydrogen-bond donors (Lipinski definition) is 2. The number of methoxy groups -OCH3 is 1. The Labute approximate surface area is 398 Å². The average Bonchev–Trinajstić information content (AvgIpc) is 3.34. The molecular formula is C50H63F2N7O8S. The number of hydrogen-bond acceptors (Lipinski definition) is 15. The van der Waals surface area contributed by atoms with Crippen LogP contribution in [-0.2, 0) is 27.7 Å². The Morgan fingerprint density at radius 1 is 0.765 bits per heavy atom. The maximum absolute atomic E-state index is 14.4. The highest BCUT2D eigenvalue weighted by atomic mass is 32.2. The van der Waals surface area contributed by atoms with Gasteiger partial charge in [0.25, 0.3) is 0 Å². The zero-order valence-electron chi connectivity index (χ0n) is 39.7. The molecule has 0 aliphatic carbocycles. The predicted molar refractivity (Wildman–Crippen MR) is 258 cm³/mol. The molecule has 15 nitrogen and oxygen atoms in total. The van der Waals surface area contributed by atoms with Crippen LogP contribution in [0.1, 0.15) is 75.0 Å². The van der Waals surface area contributed by atoms with Gasteiger partial charge in [-0.25, -0.2) is 32.6 Å². The first-order valence-corrected chi connectivity index (χ1v) is 25.0. The van der Waals surface area contributed by atoms with Crippen molar-refractivity contribution in [3.05, 3.63) is 108 Å². The number of piperidine rings is 2. The number of halogens is 2. The molecule has 0 bridgehead atoms. The first-order chi connectivity index (χ1) is 32.8. The number of likely N-dealkylation sites (tertiary alicyclic amines) is 1.